The number of benzene rings is 2. The molecule has 3 aromatic rings. The van der Waals surface area contributed by atoms with Gasteiger partial charge in [-0.05, 0) is 30.5 Å². The first-order valence-electron chi connectivity index (χ1n) is 8.84. The van der Waals surface area contributed by atoms with E-state index in [2.05, 4.69) is 22.4 Å². The van der Waals surface area contributed by atoms with E-state index in [9.17, 15) is 4.79 Å². The Morgan fingerprint density at radius 2 is 1.75 bits per heavy atom. The Balaban J connectivity index is 1.63. The van der Waals surface area contributed by atoms with E-state index in [4.69, 9.17) is 14.2 Å². The van der Waals surface area contributed by atoms with E-state index in [0.717, 1.165) is 24.1 Å². The predicted molar refractivity (Wildman–Crippen MR) is 109 cm³/mol. The maximum absolute atomic E-state index is 12.8. The Kier molecular flexibility index (Phi) is 4.92. The number of hydrogen-bond acceptors (Lipinski definition) is 6. The lowest BCUT2D eigenvalue weighted by atomic mass is 9.94. The van der Waals surface area contributed by atoms with Crippen molar-refractivity contribution in [3.05, 3.63) is 52.4 Å². The van der Waals surface area contributed by atoms with E-state index in [1.54, 1.807) is 12.1 Å². The molecule has 1 aliphatic rings. The second-order valence-corrected chi connectivity index (χ2v) is 7.40. The first kappa shape index (κ1) is 18.3. The molecule has 1 heterocycles. The van der Waals surface area contributed by atoms with Gasteiger partial charge in [0.2, 0.25) is 5.75 Å². The van der Waals surface area contributed by atoms with Gasteiger partial charge in [-0.25, -0.2) is 4.98 Å². The number of rotatable bonds is 5. The number of methoxy groups -OCH3 is 3. The van der Waals surface area contributed by atoms with Crippen LogP contribution in [0.2, 0.25) is 0 Å². The Morgan fingerprint density at radius 1 is 1.04 bits per heavy atom. The quantitative estimate of drug-likeness (QED) is 0.700. The van der Waals surface area contributed by atoms with Crippen molar-refractivity contribution in [2.45, 2.75) is 12.8 Å². The van der Waals surface area contributed by atoms with Gasteiger partial charge in [-0.1, -0.05) is 24.3 Å². The fourth-order valence-electron chi connectivity index (χ4n) is 3.38. The average molecular weight is 396 g/mol. The van der Waals surface area contributed by atoms with Gasteiger partial charge in [0.05, 0.1) is 27.0 Å². The highest BCUT2D eigenvalue weighted by Gasteiger charge is 2.22. The van der Waals surface area contributed by atoms with Crippen LogP contribution in [0.1, 0.15) is 20.8 Å². The minimum atomic E-state index is -0.279. The van der Waals surface area contributed by atoms with Crippen molar-refractivity contribution in [3.63, 3.8) is 0 Å². The van der Waals surface area contributed by atoms with Crippen LogP contribution in [0.4, 0.5) is 5.13 Å². The van der Waals surface area contributed by atoms with Gasteiger partial charge in [0.1, 0.15) is 0 Å². The molecule has 1 N–H and O–H groups in total. The number of anilines is 1. The van der Waals surface area contributed by atoms with Gasteiger partial charge < -0.3 is 14.2 Å². The van der Waals surface area contributed by atoms with Crippen molar-refractivity contribution in [2.75, 3.05) is 26.6 Å². The highest BCUT2D eigenvalue weighted by atomic mass is 32.1. The van der Waals surface area contributed by atoms with Gasteiger partial charge in [0.25, 0.3) is 5.91 Å². The maximum Gasteiger partial charge on any atom is 0.257 e. The number of amides is 1. The van der Waals surface area contributed by atoms with Crippen LogP contribution in [0, 0.1) is 0 Å². The summed E-state index contributed by atoms with van der Waals surface area (Å²) in [5.74, 6) is 1.03. The molecule has 0 bridgehead atoms. The van der Waals surface area contributed by atoms with Crippen LogP contribution in [0.15, 0.2) is 36.4 Å². The summed E-state index contributed by atoms with van der Waals surface area (Å²) in [5.41, 5.74) is 3.81. The molecule has 28 heavy (non-hydrogen) atoms. The molecular weight excluding hydrogens is 376 g/mol. The van der Waals surface area contributed by atoms with Gasteiger partial charge in [-0.15, -0.1) is 11.3 Å². The monoisotopic (exact) mass is 396 g/mol. The molecule has 0 radical (unpaired) electrons. The van der Waals surface area contributed by atoms with Crippen LogP contribution >= 0.6 is 11.3 Å². The Morgan fingerprint density at radius 3 is 2.43 bits per heavy atom. The molecule has 0 atom stereocenters. The number of aromatic nitrogens is 1. The molecule has 0 saturated heterocycles. The predicted octanol–water partition coefficient (Wildman–Crippen LogP) is 4.19. The van der Waals surface area contributed by atoms with E-state index in [-0.39, 0.29) is 5.91 Å². The van der Waals surface area contributed by atoms with E-state index in [1.807, 2.05) is 12.1 Å². The molecular formula is C21H20N2O4S. The molecule has 1 aromatic heterocycles. The third kappa shape index (κ3) is 3.18. The van der Waals surface area contributed by atoms with Crippen LogP contribution in [0.25, 0.3) is 11.3 Å². The topological polar surface area (TPSA) is 69.7 Å². The average Bonchev–Trinajstić information content (AvgIpc) is 3.15. The summed E-state index contributed by atoms with van der Waals surface area (Å²) in [7, 11) is 4.56. The normalized spacial score (nSPS) is 12.0. The lowest BCUT2D eigenvalue weighted by Crippen LogP contribution is -2.12. The fraction of sp³-hybridized carbons (Fsp3) is 0.238. The first-order chi connectivity index (χ1) is 13.6. The lowest BCUT2D eigenvalue weighted by Gasteiger charge is -2.13. The summed E-state index contributed by atoms with van der Waals surface area (Å²) in [6.07, 6.45) is 1.93. The van der Waals surface area contributed by atoms with E-state index in [1.165, 1.54) is 43.1 Å². The zero-order valence-corrected chi connectivity index (χ0v) is 16.7. The second kappa shape index (κ2) is 7.52. The van der Waals surface area contributed by atoms with Crippen LogP contribution in [0.3, 0.4) is 0 Å². The van der Waals surface area contributed by atoms with Crippen molar-refractivity contribution < 1.29 is 19.0 Å². The Labute approximate surface area is 167 Å². The van der Waals surface area contributed by atoms with Crippen molar-refractivity contribution in [2.24, 2.45) is 0 Å². The van der Waals surface area contributed by atoms with Gasteiger partial charge in [-0.2, -0.15) is 0 Å². The summed E-state index contributed by atoms with van der Waals surface area (Å²) >= 11 is 1.52. The highest BCUT2D eigenvalue weighted by Crippen LogP contribution is 2.40. The summed E-state index contributed by atoms with van der Waals surface area (Å²) in [6.45, 7) is 0. The highest BCUT2D eigenvalue weighted by molar-refractivity contribution is 7.16. The Hall–Kier alpha value is -3.06. The van der Waals surface area contributed by atoms with Crippen molar-refractivity contribution in [1.29, 1.82) is 0 Å². The molecule has 0 spiro atoms. The van der Waals surface area contributed by atoms with Gasteiger partial charge in [0.15, 0.2) is 16.6 Å². The van der Waals surface area contributed by atoms with Crippen LogP contribution in [-0.4, -0.2) is 32.2 Å². The molecule has 0 aliphatic heterocycles. The lowest BCUT2D eigenvalue weighted by molar-refractivity contribution is 0.102. The van der Waals surface area contributed by atoms with E-state index >= 15 is 0 Å². The molecule has 6 nitrogen and oxygen atoms in total. The van der Waals surface area contributed by atoms with Crippen LogP contribution in [0.5, 0.6) is 17.2 Å². The summed E-state index contributed by atoms with van der Waals surface area (Å²) < 4.78 is 16.0. The van der Waals surface area contributed by atoms with Crippen molar-refractivity contribution in [3.8, 4) is 28.5 Å². The number of fused-ring (bicyclic) bond motifs is 3. The second-order valence-electron chi connectivity index (χ2n) is 6.32. The zero-order valence-electron chi connectivity index (χ0n) is 15.9. The molecule has 144 valence electrons. The Bertz CT molecular complexity index is 1020. The summed E-state index contributed by atoms with van der Waals surface area (Å²) in [5, 5.41) is 3.49. The zero-order chi connectivity index (χ0) is 19.7. The third-order valence-corrected chi connectivity index (χ3v) is 5.77. The minimum Gasteiger partial charge on any atom is -0.493 e. The minimum absolute atomic E-state index is 0.279. The molecule has 0 fully saturated rings. The molecule has 7 heteroatoms. The van der Waals surface area contributed by atoms with Gasteiger partial charge in [0, 0.05) is 16.0 Å². The SMILES string of the molecule is COc1cc(C(=O)Nc2nc3c(s2)CCc2ccccc2-3)cc(OC)c1OC. The summed E-state index contributed by atoms with van der Waals surface area (Å²) in [6, 6.07) is 11.5. The number of ether oxygens (including phenoxy) is 3. The molecule has 1 amide bonds. The smallest absolute Gasteiger partial charge is 0.257 e. The van der Waals surface area contributed by atoms with Crippen molar-refractivity contribution >= 4 is 22.4 Å². The standard InChI is InChI=1S/C21H20N2O4S/c1-25-15-10-13(11-16(26-2)19(15)27-3)20(24)23-21-22-18-14-7-5-4-6-12(14)8-9-17(18)28-21/h4-7,10-11H,8-9H2,1-3H3,(H,22,23,24). The molecule has 0 saturated carbocycles. The van der Waals surface area contributed by atoms with Crippen molar-refractivity contribution in [1.82, 2.24) is 4.98 Å². The number of thiazole rings is 1. The molecule has 2 aromatic carbocycles. The number of carbonyl (C=O) groups is 1. The van der Waals surface area contributed by atoms with E-state index in [0.29, 0.717) is 27.9 Å². The molecule has 4 rings (SSSR count). The number of hydrogen-bond donors (Lipinski definition) is 1. The fourth-order valence-corrected chi connectivity index (χ4v) is 4.35. The van der Waals surface area contributed by atoms with Crippen LogP contribution in [-0.2, 0) is 12.8 Å². The number of nitrogens with zero attached hydrogens (tertiary/aromatic N) is 1. The largest absolute Gasteiger partial charge is 0.493 e. The number of aryl methyl sites for hydroxylation is 2. The first-order valence-corrected chi connectivity index (χ1v) is 9.65. The maximum atomic E-state index is 12.8. The third-order valence-electron chi connectivity index (χ3n) is 4.74. The van der Waals surface area contributed by atoms with Crippen LogP contribution < -0.4 is 19.5 Å². The van der Waals surface area contributed by atoms with Gasteiger partial charge >= 0.3 is 0 Å². The molecule has 0 unspecified atom stereocenters. The molecule has 1 aliphatic carbocycles. The summed E-state index contributed by atoms with van der Waals surface area (Å²) in [4.78, 5) is 18.7. The van der Waals surface area contributed by atoms with Gasteiger partial charge in [-0.3, -0.25) is 10.1 Å². The number of nitrogens with one attached hydrogen (secondary N) is 1. The van der Waals surface area contributed by atoms with E-state index < -0.39 is 0 Å². The number of carbonyl (C=O) groups excluding carboxylic acids is 1.